The molecule has 5 rings (SSSR count). The van der Waals surface area contributed by atoms with Crippen LogP contribution < -0.4 is 4.90 Å². The highest BCUT2D eigenvalue weighted by atomic mass is 16.6. The first kappa shape index (κ1) is 17.0. The highest BCUT2D eigenvalue weighted by Crippen LogP contribution is 2.51. The molecule has 28 heavy (non-hydrogen) atoms. The lowest BCUT2D eigenvalue weighted by Crippen LogP contribution is -2.37. The van der Waals surface area contributed by atoms with E-state index in [0.29, 0.717) is 5.92 Å². The molecule has 140 valence electrons. The summed E-state index contributed by atoms with van der Waals surface area (Å²) in [4.78, 5) is 14.1. The largest absolute Gasteiger partial charge is 0.371 e. The first-order valence-electron chi connectivity index (χ1n) is 9.90. The van der Waals surface area contributed by atoms with Crippen LogP contribution in [0.3, 0.4) is 0 Å². The fourth-order valence-corrected chi connectivity index (χ4v) is 5.01. The first-order valence-corrected chi connectivity index (χ1v) is 9.90. The molecule has 2 heterocycles. The van der Waals surface area contributed by atoms with E-state index in [-0.39, 0.29) is 16.5 Å². The van der Waals surface area contributed by atoms with E-state index in [9.17, 15) is 10.1 Å². The van der Waals surface area contributed by atoms with Gasteiger partial charge in [-0.1, -0.05) is 60.7 Å². The van der Waals surface area contributed by atoms with Crippen LogP contribution >= 0.6 is 0 Å². The molecule has 2 aliphatic rings. The molecular weight excluding hydrogens is 348 g/mol. The van der Waals surface area contributed by atoms with Crippen molar-refractivity contribution in [2.24, 2.45) is 0 Å². The van der Waals surface area contributed by atoms with Gasteiger partial charge in [0, 0.05) is 31.0 Å². The van der Waals surface area contributed by atoms with Crippen molar-refractivity contribution in [3.05, 3.63) is 105 Å². The van der Waals surface area contributed by atoms with Gasteiger partial charge < -0.3 is 4.90 Å². The summed E-state index contributed by atoms with van der Waals surface area (Å²) in [6.45, 7) is 1.89. The van der Waals surface area contributed by atoms with Gasteiger partial charge >= 0.3 is 0 Å². The molecule has 4 heteroatoms. The molecule has 3 aromatic rings. The molecule has 0 aliphatic carbocycles. The van der Waals surface area contributed by atoms with Gasteiger partial charge in [0.05, 0.1) is 16.2 Å². The maximum absolute atomic E-state index is 11.9. The molecule has 0 unspecified atom stereocenters. The van der Waals surface area contributed by atoms with Crippen molar-refractivity contribution in [1.82, 2.24) is 0 Å². The van der Waals surface area contributed by atoms with Crippen molar-refractivity contribution in [3.63, 3.8) is 0 Å². The zero-order valence-corrected chi connectivity index (χ0v) is 15.6. The summed E-state index contributed by atoms with van der Waals surface area (Å²) in [5.41, 5.74) is 5.96. The Morgan fingerprint density at radius 3 is 1.96 bits per heavy atom. The molecule has 3 aromatic carbocycles. The Hall–Kier alpha value is -3.14. The molecule has 0 radical (unpaired) electrons. The van der Waals surface area contributed by atoms with Crippen LogP contribution in [0.2, 0.25) is 0 Å². The van der Waals surface area contributed by atoms with Gasteiger partial charge in [-0.3, -0.25) is 10.1 Å². The summed E-state index contributed by atoms with van der Waals surface area (Å²) in [5.74, 6) is 0.365. The van der Waals surface area contributed by atoms with Crippen molar-refractivity contribution in [1.29, 1.82) is 0 Å². The monoisotopic (exact) mass is 370 g/mol. The summed E-state index contributed by atoms with van der Waals surface area (Å²) in [6, 6.07) is 24.5. The Bertz CT molecular complexity index is 1020. The van der Waals surface area contributed by atoms with E-state index < -0.39 is 0 Å². The van der Waals surface area contributed by atoms with Crippen molar-refractivity contribution < 1.29 is 4.92 Å². The Balaban J connectivity index is 1.73. The quantitative estimate of drug-likeness (QED) is 0.453. The van der Waals surface area contributed by atoms with E-state index in [2.05, 4.69) is 41.3 Å². The molecular formula is C24H22N2O2. The highest BCUT2D eigenvalue weighted by molar-refractivity contribution is 5.73. The van der Waals surface area contributed by atoms with E-state index >= 15 is 0 Å². The van der Waals surface area contributed by atoms with Gasteiger partial charge in [0.1, 0.15) is 0 Å². The fourth-order valence-electron chi connectivity index (χ4n) is 5.01. The van der Waals surface area contributed by atoms with Crippen molar-refractivity contribution >= 4 is 11.4 Å². The van der Waals surface area contributed by atoms with E-state index in [0.717, 1.165) is 37.2 Å². The number of nitro benzene ring substituents is 1. The second-order valence-corrected chi connectivity index (χ2v) is 7.68. The highest BCUT2D eigenvalue weighted by Gasteiger charge is 2.38. The number of anilines is 1. The summed E-state index contributed by atoms with van der Waals surface area (Å²) < 4.78 is 0. The minimum atomic E-state index is -0.207. The maximum atomic E-state index is 11.9. The minimum absolute atomic E-state index is 0.0716. The van der Waals surface area contributed by atoms with Gasteiger partial charge in [-0.25, -0.2) is 0 Å². The molecule has 0 saturated heterocycles. The van der Waals surface area contributed by atoms with Gasteiger partial charge in [-0.05, 0) is 35.6 Å². The summed E-state index contributed by atoms with van der Waals surface area (Å²) in [5, 5.41) is 11.9. The van der Waals surface area contributed by atoms with Crippen LogP contribution in [0.15, 0.2) is 72.8 Å². The van der Waals surface area contributed by atoms with Gasteiger partial charge in [0.2, 0.25) is 0 Å². The molecule has 2 aliphatic heterocycles. The van der Waals surface area contributed by atoms with Gasteiger partial charge in [-0.15, -0.1) is 0 Å². The van der Waals surface area contributed by atoms with Crippen LogP contribution in [-0.4, -0.2) is 18.0 Å². The number of rotatable bonds is 3. The smallest absolute Gasteiger partial charge is 0.275 e. The molecule has 0 amide bonds. The van der Waals surface area contributed by atoms with E-state index in [1.807, 2.05) is 30.3 Å². The SMILES string of the molecule is O=[N+]([O-])c1ccc2c3c1[C@H](c1ccccc1)CCN3CC[C@@H]2c1ccccc1. The molecule has 0 bridgehead atoms. The number of hydrogen-bond donors (Lipinski definition) is 0. The molecule has 2 atom stereocenters. The van der Waals surface area contributed by atoms with Crippen LogP contribution in [-0.2, 0) is 0 Å². The second-order valence-electron chi connectivity index (χ2n) is 7.68. The lowest BCUT2D eigenvalue weighted by atomic mass is 9.76. The summed E-state index contributed by atoms with van der Waals surface area (Å²) in [7, 11) is 0. The third kappa shape index (κ3) is 2.68. The zero-order valence-electron chi connectivity index (χ0n) is 15.6. The predicted molar refractivity (Wildman–Crippen MR) is 111 cm³/mol. The predicted octanol–water partition coefficient (Wildman–Crippen LogP) is 5.47. The topological polar surface area (TPSA) is 46.4 Å². The molecule has 0 spiro atoms. The van der Waals surface area contributed by atoms with Gasteiger partial charge in [0.25, 0.3) is 5.69 Å². The van der Waals surface area contributed by atoms with E-state index in [1.165, 1.54) is 16.7 Å². The normalized spacial score (nSPS) is 20.5. The molecule has 0 fully saturated rings. The van der Waals surface area contributed by atoms with Gasteiger partial charge in [0.15, 0.2) is 0 Å². The first-order chi connectivity index (χ1) is 13.7. The second kappa shape index (κ2) is 6.79. The zero-order chi connectivity index (χ0) is 19.1. The lowest BCUT2D eigenvalue weighted by Gasteiger charge is -2.42. The number of benzene rings is 3. The maximum Gasteiger partial charge on any atom is 0.275 e. The van der Waals surface area contributed by atoms with Gasteiger partial charge in [-0.2, -0.15) is 0 Å². The molecule has 4 nitrogen and oxygen atoms in total. The number of nitrogens with zero attached hydrogens (tertiary/aromatic N) is 2. The van der Waals surface area contributed by atoms with Crippen molar-refractivity contribution in [3.8, 4) is 0 Å². The van der Waals surface area contributed by atoms with Crippen molar-refractivity contribution in [2.45, 2.75) is 24.7 Å². The summed E-state index contributed by atoms with van der Waals surface area (Å²) >= 11 is 0. The van der Waals surface area contributed by atoms with Crippen LogP contribution in [0.1, 0.15) is 46.9 Å². The lowest BCUT2D eigenvalue weighted by molar-refractivity contribution is -0.385. The Morgan fingerprint density at radius 2 is 1.36 bits per heavy atom. The fraction of sp³-hybridized carbons (Fsp3) is 0.250. The van der Waals surface area contributed by atoms with Crippen LogP contribution in [0.4, 0.5) is 11.4 Å². The van der Waals surface area contributed by atoms with Crippen LogP contribution in [0.5, 0.6) is 0 Å². The number of nitro groups is 1. The third-order valence-electron chi connectivity index (χ3n) is 6.24. The Labute approximate surface area is 164 Å². The summed E-state index contributed by atoms with van der Waals surface area (Å²) in [6.07, 6.45) is 1.96. The molecule has 0 aromatic heterocycles. The third-order valence-corrected chi connectivity index (χ3v) is 6.24. The standard InChI is InChI=1S/C24H22N2O2/c27-26(28)22-12-11-21-19(17-7-3-1-4-8-17)13-15-25-16-14-20(23(22)24(21)25)18-9-5-2-6-10-18/h1-12,19-20H,13-16H2/t19-,20+/m1/s1. The molecule has 0 N–H and O–H groups in total. The number of hydrogen-bond acceptors (Lipinski definition) is 3. The average molecular weight is 370 g/mol. The van der Waals surface area contributed by atoms with Crippen LogP contribution in [0, 0.1) is 10.1 Å². The van der Waals surface area contributed by atoms with E-state index in [4.69, 9.17) is 0 Å². The minimum Gasteiger partial charge on any atom is -0.371 e. The average Bonchev–Trinajstić information content (AvgIpc) is 2.75. The van der Waals surface area contributed by atoms with E-state index in [1.54, 1.807) is 6.07 Å². The van der Waals surface area contributed by atoms with Crippen molar-refractivity contribution in [2.75, 3.05) is 18.0 Å². The molecule has 0 saturated carbocycles. The Morgan fingerprint density at radius 1 is 0.786 bits per heavy atom. The Kier molecular flexibility index (Phi) is 4.12. The van der Waals surface area contributed by atoms with Crippen LogP contribution in [0.25, 0.3) is 0 Å².